The van der Waals surface area contributed by atoms with Crippen molar-refractivity contribution < 1.29 is 8.42 Å². The Morgan fingerprint density at radius 2 is 1.14 bits per heavy atom. The van der Waals surface area contributed by atoms with Crippen molar-refractivity contribution in [3.63, 3.8) is 0 Å². The lowest BCUT2D eigenvalue weighted by Crippen LogP contribution is -2.02. The highest BCUT2D eigenvalue weighted by Crippen LogP contribution is 2.45. The maximum absolute atomic E-state index is 13.7. The summed E-state index contributed by atoms with van der Waals surface area (Å²) in [4.78, 5) is 0.583. The Hall–Kier alpha value is -3.25. The summed E-state index contributed by atoms with van der Waals surface area (Å²) in [5, 5.41) is 2.02. The van der Waals surface area contributed by atoms with Crippen LogP contribution in [0.1, 0.15) is 0 Å². The Kier molecular flexibility index (Phi) is 5.56. The van der Waals surface area contributed by atoms with E-state index in [0.717, 1.165) is 46.9 Å². The first-order valence-corrected chi connectivity index (χ1v) is 14.2. The summed E-state index contributed by atoms with van der Waals surface area (Å²) < 4.78 is 30.5. The highest BCUT2D eigenvalue weighted by molar-refractivity contribution is 9.10. The van der Waals surface area contributed by atoms with E-state index >= 15 is 0 Å². The van der Waals surface area contributed by atoms with Gasteiger partial charge in [0, 0.05) is 30.2 Å². The molecule has 0 fully saturated rings. The van der Waals surface area contributed by atoms with Crippen LogP contribution in [0.4, 0.5) is 0 Å². The quantitative estimate of drug-likeness (QED) is 0.218. The van der Waals surface area contributed by atoms with Crippen molar-refractivity contribution in [3.8, 4) is 22.3 Å². The van der Waals surface area contributed by atoms with Crippen LogP contribution in [0.5, 0.6) is 0 Å². The number of sulfone groups is 1. The normalized spacial score (nSPS) is 11.8. The molecule has 0 bridgehead atoms. The molecule has 6 rings (SSSR count). The second kappa shape index (κ2) is 8.76. The highest BCUT2D eigenvalue weighted by Gasteiger charge is 2.22. The zero-order valence-electron chi connectivity index (χ0n) is 18.5. The third-order valence-electron chi connectivity index (χ3n) is 6.18. The fourth-order valence-corrected chi connectivity index (χ4v) is 7.39. The molecule has 5 heteroatoms. The number of rotatable bonds is 4. The number of fused-ring (bicyclic) bond motifs is 3. The van der Waals surface area contributed by atoms with Gasteiger partial charge in [0.05, 0.1) is 9.79 Å². The van der Waals surface area contributed by atoms with Crippen molar-refractivity contribution in [2.75, 3.05) is 0 Å². The summed E-state index contributed by atoms with van der Waals surface area (Å²) >= 11 is 5.12. The van der Waals surface area contributed by atoms with Crippen molar-refractivity contribution >= 4 is 57.3 Å². The molecule has 0 saturated carbocycles. The molecule has 2 nitrogen and oxygen atoms in total. The Morgan fingerprint density at radius 1 is 0.543 bits per heavy atom. The minimum atomic E-state index is -3.70. The second-order valence-corrected chi connectivity index (χ2v) is 12.2. The minimum Gasteiger partial charge on any atom is -0.219 e. The predicted octanol–water partition coefficient (Wildman–Crippen LogP) is 8.98. The van der Waals surface area contributed by atoms with Gasteiger partial charge in [0.15, 0.2) is 0 Å². The van der Waals surface area contributed by atoms with Crippen LogP contribution in [0.3, 0.4) is 0 Å². The fourth-order valence-electron chi connectivity index (χ4n) is 4.46. The minimum absolute atomic E-state index is 0.281. The number of thiophene rings is 1. The largest absolute Gasteiger partial charge is 0.219 e. The first-order valence-electron chi connectivity index (χ1n) is 11.1. The Bertz CT molecular complexity index is 1790. The van der Waals surface area contributed by atoms with E-state index in [2.05, 4.69) is 46.3 Å². The molecule has 0 unspecified atom stereocenters. The molecule has 0 spiro atoms. The van der Waals surface area contributed by atoms with Crippen LogP contribution in [0.25, 0.3) is 42.4 Å². The van der Waals surface area contributed by atoms with Gasteiger partial charge in [0.1, 0.15) is 0 Å². The van der Waals surface area contributed by atoms with Crippen molar-refractivity contribution in [1.82, 2.24) is 0 Å². The monoisotopic (exact) mass is 554 g/mol. The molecule has 0 N–H and O–H groups in total. The molecule has 0 saturated heterocycles. The van der Waals surface area contributed by atoms with E-state index in [1.54, 1.807) is 35.6 Å². The molecule has 6 aromatic rings. The first kappa shape index (κ1) is 22.2. The van der Waals surface area contributed by atoms with Gasteiger partial charge in [-0.3, -0.25) is 0 Å². The molecular formula is C30H19BrO2S2. The summed E-state index contributed by atoms with van der Waals surface area (Å²) in [6, 6.07) is 37.1. The molecule has 0 amide bonds. The van der Waals surface area contributed by atoms with Crippen molar-refractivity contribution in [3.05, 3.63) is 120 Å². The zero-order chi connectivity index (χ0) is 24.0. The predicted molar refractivity (Wildman–Crippen MR) is 150 cm³/mol. The fraction of sp³-hybridized carbons (Fsp3) is 0. The Balaban J connectivity index is 1.68. The van der Waals surface area contributed by atoms with Gasteiger partial charge < -0.3 is 0 Å². The topological polar surface area (TPSA) is 34.1 Å². The lowest BCUT2D eigenvalue weighted by molar-refractivity contribution is 0.596. The summed E-state index contributed by atoms with van der Waals surface area (Å²) in [5.41, 5.74) is 4.23. The van der Waals surface area contributed by atoms with Crippen LogP contribution < -0.4 is 0 Å². The maximum Gasteiger partial charge on any atom is 0.206 e. The van der Waals surface area contributed by atoms with Crippen LogP contribution in [0.2, 0.25) is 0 Å². The molecule has 0 aliphatic carbocycles. The van der Waals surface area contributed by atoms with Gasteiger partial charge in [-0.05, 0) is 53.1 Å². The van der Waals surface area contributed by atoms with E-state index in [-0.39, 0.29) is 4.90 Å². The van der Waals surface area contributed by atoms with Crippen LogP contribution >= 0.6 is 27.3 Å². The Labute approximate surface area is 216 Å². The second-order valence-electron chi connectivity index (χ2n) is 8.32. The van der Waals surface area contributed by atoms with Crippen LogP contribution in [0.15, 0.2) is 130 Å². The summed E-state index contributed by atoms with van der Waals surface area (Å²) in [6.07, 6.45) is 0. The summed E-state index contributed by atoms with van der Waals surface area (Å²) in [5.74, 6) is 0. The molecular weight excluding hydrogens is 536 g/mol. The molecule has 170 valence electrons. The van der Waals surface area contributed by atoms with Gasteiger partial charge in [-0.15, -0.1) is 11.3 Å². The first-order chi connectivity index (χ1) is 17.0. The number of benzene rings is 5. The smallest absolute Gasteiger partial charge is 0.206 e. The van der Waals surface area contributed by atoms with Gasteiger partial charge in [-0.2, -0.15) is 0 Å². The molecule has 0 radical (unpaired) electrons. The van der Waals surface area contributed by atoms with Crippen LogP contribution in [-0.4, -0.2) is 8.42 Å². The summed E-state index contributed by atoms with van der Waals surface area (Å²) in [6.45, 7) is 0. The van der Waals surface area contributed by atoms with E-state index in [0.29, 0.717) is 4.90 Å². The maximum atomic E-state index is 13.7. The average Bonchev–Trinajstić information content (AvgIpc) is 3.28. The molecule has 0 aliphatic rings. The molecule has 1 heterocycles. The van der Waals surface area contributed by atoms with Gasteiger partial charge in [0.25, 0.3) is 0 Å². The van der Waals surface area contributed by atoms with Crippen molar-refractivity contribution in [2.24, 2.45) is 0 Å². The highest BCUT2D eigenvalue weighted by atomic mass is 79.9. The van der Waals surface area contributed by atoms with E-state index in [1.165, 1.54) is 0 Å². The third-order valence-corrected chi connectivity index (χ3v) is 9.74. The van der Waals surface area contributed by atoms with E-state index in [1.807, 2.05) is 60.7 Å². The SMILES string of the molecule is O=S(=O)(c1ccc(Br)cc1)c1cc(-c2ccccc2)c2sc3c(-c4ccccc4)cccc3c2c1. The molecule has 0 aliphatic heterocycles. The van der Waals surface area contributed by atoms with Crippen LogP contribution in [-0.2, 0) is 9.84 Å². The Morgan fingerprint density at radius 3 is 1.80 bits per heavy atom. The standard InChI is InChI=1S/C30H19BrO2S2/c31-22-14-16-23(17-15-22)35(32,33)24-18-27(21-10-5-2-6-11-21)30-28(19-24)26-13-7-12-25(29(26)34-30)20-8-3-1-4-9-20/h1-19H. The lowest BCUT2D eigenvalue weighted by atomic mass is 10.0. The zero-order valence-corrected chi connectivity index (χ0v) is 21.7. The summed E-state index contributed by atoms with van der Waals surface area (Å²) in [7, 11) is -3.70. The number of hydrogen-bond acceptors (Lipinski definition) is 3. The van der Waals surface area contributed by atoms with E-state index in [4.69, 9.17) is 0 Å². The van der Waals surface area contributed by atoms with Gasteiger partial charge in [0.2, 0.25) is 9.84 Å². The van der Waals surface area contributed by atoms with Crippen molar-refractivity contribution in [2.45, 2.75) is 9.79 Å². The number of halogens is 1. The lowest BCUT2D eigenvalue weighted by Gasteiger charge is -2.10. The molecule has 35 heavy (non-hydrogen) atoms. The molecule has 0 atom stereocenters. The average molecular weight is 556 g/mol. The van der Waals surface area contributed by atoms with E-state index < -0.39 is 9.84 Å². The van der Waals surface area contributed by atoms with Gasteiger partial charge in [-0.25, -0.2) is 8.42 Å². The molecule has 1 aromatic heterocycles. The van der Waals surface area contributed by atoms with Crippen LogP contribution in [0, 0.1) is 0 Å². The van der Waals surface area contributed by atoms with Gasteiger partial charge in [-0.1, -0.05) is 94.8 Å². The third kappa shape index (κ3) is 3.90. The van der Waals surface area contributed by atoms with E-state index in [9.17, 15) is 8.42 Å². The van der Waals surface area contributed by atoms with Gasteiger partial charge >= 0.3 is 0 Å². The number of hydrogen-bond donors (Lipinski definition) is 0. The van der Waals surface area contributed by atoms with Crippen molar-refractivity contribution in [1.29, 1.82) is 0 Å². The molecule has 5 aromatic carbocycles.